The summed E-state index contributed by atoms with van der Waals surface area (Å²) in [7, 11) is 0. The molecule has 0 aliphatic carbocycles. The zero-order chi connectivity index (χ0) is 21.4. The Morgan fingerprint density at radius 2 is 1.90 bits per heavy atom. The minimum Gasteiger partial charge on any atom is -0.486 e. The van der Waals surface area contributed by atoms with Crippen LogP contribution in [-0.4, -0.2) is 69.0 Å². The van der Waals surface area contributed by atoms with Gasteiger partial charge in [0.25, 0.3) is 0 Å². The first-order valence-electron chi connectivity index (χ1n) is 10.6. The van der Waals surface area contributed by atoms with Gasteiger partial charge in [0, 0.05) is 13.1 Å². The molecule has 1 unspecified atom stereocenters. The molecule has 0 radical (unpaired) electrons. The summed E-state index contributed by atoms with van der Waals surface area (Å²) in [5, 5.41) is 6.55. The number of guanidine groups is 1. The number of ether oxygens (including phenoxy) is 2. The zero-order valence-electron chi connectivity index (χ0n) is 17.4. The van der Waals surface area contributed by atoms with Crippen LogP contribution < -0.4 is 20.1 Å². The van der Waals surface area contributed by atoms with Crippen molar-refractivity contribution in [2.75, 3.05) is 45.9 Å². The molecule has 2 N–H and O–H groups in total. The van der Waals surface area contributed by atoms with Gasteiger partial charge >= 0.3 is 6.18 Å². The molecule has 0 saturated carbocycles. The van der Waals surface area contributed by atoms with Crippen molar-refractivity contribution < 1.29 is 22.6 Å². The highest BCUT2D eigenvalue weighted by Crippen LogP contribution is 2.30. The van der Waals surface area contributed by atoms with Gasteiger partial charge in [0.2, 0.25) is 0 Å². The number of nitrogens with zero attached hydrogens (tertiary/aromatic N) is 2. The lowest BCUT2D eigenvalue weighted by Gasteiger charge is -2.32. The molecule has 0 spiro atoms. The number of rotatable bonds is 7. The third-order valence-corrected chi connectivity index (χ3v) is 5.32. The van der Waals surface area contributed by atoms with Crippen LogP contribution in [0.15, 0.2) is 29.3 Å². The highest BCUT2D eigenvalue weighted by Gasteiger charge is 2.32. The number of alkyl halides is 3. The average Bonchev–Trinajstić information content (AvgIpc) is 2.72. The number of para-hydroxylation sites is 2. The summed E-state index contributed by atoms with van der Waals surface area (Å²) in [5.74, 6) is 2.65. The molecular weight excluding hydrogens is 397 g/mol. The van der Waals surface area contributed by atoms with Crippen LogP contribution in [0, 0.1) is 5.92 Å². The molecule has 2 heterocycles. The lowest BCUT2D eigenvalue weighted by Crippen LogP contribution is -2.42. The second-order valence-corrected chi connectivity index (χ2v) is 7.77. The van der Waals surface area contributed by atoms with Gasteiger partial charge in [-0.15, -0.1) is 0 Å². The smallest absolute Gasteiger partial charge is 0.401 e. The van der Waals surface area contributed by atoms with Crippen molar-refractivity contribution in [1.82, 2.24) is 15.5 Å². The maximum atomic E-state index is 12.5. The highest BCUT2D eigenvalue weighted by molar-refractivity contribution is 5.79. The number of fused-ring (bicyclic) bond motifs is 1. The molecular formula is C21H31F3N4O2. The van der Waals surface area contributed by atoms with Crippen LogP contribution in [0.3, 0.4) is 0 Å². The predicted octanol–water partition coefficient (Wildman–Crippen LogP) is 3.05. The van der Waals surface area contributed by atoms with Gasteiger partial charge in [-0.25, -0.2) is 4.99 Å². The first kappa shape index (κ1) is 22.5. The summed E-state index contributed by atoms with van der Waals surface area (Å²) in [5.41, 5.74) is 0. The van der Waals surface area contributed by atoms with Crippen LogP contribution in [0.25, 0.3) is 0 Å². The number of nitrogens with one attached hydrogen (secondary N) is 2. The maximum absolute atomic E-state index is 12.5. The molecule has 0 amide bonds. The third kappa shape index (κ3) is 7.27. The minimum absolute atomic E-state index is 0.145. The van der Waals surface area contributed by atoms with Gasteiger partial charge in [0.15, 0.2) is 23.6 Å². The van der Waals surface area contributed by atoms with E-state index in [1.165, 1.54) is 4.90 Å². The Kier molecular flexibility index (Phi) is 8.07. The van der Waals surface area contributed by atoms with Gasteiger partial charge in [-0.2, -0.15) is 13.2 Å². The lowest BCUT2D eigenvalue weighted by molar-refractivity contribution is -0.148. The molecule has 0 aromatic heterocycles. The van der Waals surface area contributed by atoms with Crippen molar-refractivity contribution in [1.29, 1.82) is 0 Å². The van der Waals surface area contributed by atoms with E-state index in [4.69, 9.17) is 9.47 Å². The van der Waals surface area contributed by atoms with E-state index in [1.807, 2.05) is 31.2 Å². The largest absolute Gasteiger partial charge is 0.486 e. The van der Waals surface area contributed by atoms with Gasteiger partial charge in [0.05, 0.1) is 13.1 Å². The van der Waals surface area contributed by atoms with Crippen molar-refractivity contribution in [3.63, 3.8) is 0 Å². The van der Waals surface area contributed by atoms with Gasteiger partial charge in [-0.3, -0.25) is 4.90 Å². The van der Waals surface area contributed by atoms with Crippen LogP contribution in [0.2, 0.25) is 0 Å². The van der Waals surface area contributed by atoms with E-state index in [0.29, 0.717) is 32.2 Å². The fraction of sp³-hybridized carbons (Fsp3) is 0.667. The molecule has 1 atom stereocenters. The Morgan fingerprint density at radius 1 is 1.17 bits per heavy atom. The van der Waals surface area contributed by atoms with Gasteiger partial charge in [-0.05, 0) is 57.3 Å². The van der Waals surface area contributed by atoms with Crippen LogP contribution in [-0.2, 0) is 0 Å². The number of halogens is 3. The van der Waals surface area contributed by atoms with E-state index in [0.717, 1.165) is 49.8 Å². The monoisotopic (exact) mass is 428 g/mol. The molecule has 30 heavy (non-hydrogen) atoms. The average molecular weight is 428 g/mol. The lowest BCUT2D eigenvalue weighted by atomic mass is 9.93. The second-order valence-electron chi connectivity index (χ2n) is 7.77. The van der Waals surface area contributed by atoms with Crippen molar-refractivity contribution in [2.24, 2.45) is 10.9 Å². The van der Waals surface area contributed by atoms with Crippen LogP contribution >= 0.6 is 0 Å². The molecule has 1 saturated heterocycles. The van der Waals surface area contributed by atoms with E-state index in [9.17, 15) is 13.2 Å². The fourth-order valence-corrected chi connectivity index (χ4v) is 3.77. The predicted molar refractivity (Wildman–Crippen MR) is 110 cm³/mol. The third-order valence-electron chi connectivity index (χ3n) is 5.32. The number of likely N-dealkylation sites (tertiary alicyclic amines) is 1. The molecule has 2 aliphatic rings. The first-order valence-corrected chi connectivity index (χ1v) is 10.6. The van der Waals surface area contributed by atoms with E-state index < -0.39 is 12.7 Å². The molecule has 0 bridgehead atoms. The Balaban J connectivity index is 1.39. The van der Waals surface area contributed by atoms with Crippen molar-refractivity contribution >= 4 is 5.96 Å². The molecule has 1 aromatic carbocycles. The molecule has 168 valence electrons. The maximum Gasteiger partial charge on any atom is 0.401 e. The summed E-state index contributed by atoms with van der Waals surface area (Å²) in [6, 6.07) is 7.59. The van der Waals surface area contributed by atoms with Crippen molar-refractivity contribution in [2.45, 2.75) is 38.5 Å². The minimum atomic E-state index is -4.11. The van der Waals surface area contributed by atoms with Crippen LogP contribution in [0.4, 0.5) is 13.2 Å². The van der Waals surface area contributed by atoms with E-state index in [-0.39, 0.29) is 6.10 Å². The fourth-order valence-electron chi connectivity index (χ4n) is 3.77. The Morgan fingerprint density at radius 3 is 2.60 bits per heavy atom. The molecule has 6 nitrogen and oxygen atoms in total. The van der Waals surface area contributed by atoms with Gasteiger partial charge < -0.3 is 20.1 Å². The molecule has 1 fully saturated rings. The number of aliphatic imine (C=N–C) groups is 1. The first-order chi connectivity index (χ1) is 14.4. The second kappa shape index (κ2) is 10.7. The summed E-state index contributed by atoms with van der Waals surface area (Å²) in [6.07, 6.45) is -1.73. The van der Waals surface area contributed by atoms with E-state index >= 15 is 0 Å². The molecule has 1 aromatic rings. The highest BCUT2D eigenvalue weighted by atomic mass is 19.4. The van der Waals surface area contributed by atoms with Crippen molar-refractivity contribution in [3.8, 4) is 11.5 Å². The molecule has 2 aliphatic heterocycles. The Hall–Kier alpha value is -2.16. The molecule has 9 heteroatoms. The number of benzene rings is 1. The topological polar surface area (TPSA) is 58.1 Å². The zero-order valence-corrected chi connectivity index (χ0v) is 17.4. The molecule has 3 rings (SSSR count). The quantitative estimate of drug-likeness (QED) is 0.517. The SMILES string of the molecule is CCNC(=NCC1COc2ccccc2O1)NCCC1CCN(CC(F)(F)F)CC1. The Bertz CT molecular complexity index is 691. The van der Waals surface area contributed by atoms with Gasteiger partial charge in [0.1, 0.15) is 6.61 Å². The summed E-state index contributed by atoms with van der Waals surface area (Å²) >= 11 is 0. The normalized spacial score (nSPS) is 20.8. The summed E-state index contributed by atoms with van der Waals surface area (Å²) in [6.45, 7) is 4.64. The number of piperidine rings is 1. The standard InChI is InChI=1S/C21H31F3N4O2/c1-2-25-20(27-13-17-14-29-18-5-3-4-6-19(18)30-17)26-10-7-16-8-11-28(12-9-16)15-21(22,23)24/h3-6,16-17H,2,7-15H2,1H3,(H2,25,26,27). The van der Waals surface area contributed by atoms with E-state index in [2.05, 4.69) is 15.6 Å². The van der Waals surface area contributed by atoms with Gasteiger partial charge in [-0.1, -0.05) is 12.1 Å². The number of hydrogen-bond donors (Lipinski definition) is 2. The Labute approximate surface area is 175 Å². The van der Waals surface area contributed by atoms with Crippen LogP contribution in [0.1, 0.15) is 26.2 Å². The number of hydrogen-bond acceptors (Lipinski definition) is 4. The summed E-state index contributed by atoms with van der Waals surface area (Å²) < 4.78 is 49.1. The van der Waals surface area contributed by atoms with Crippen molar-refractivity contribution in [3.05, 3.63) is 24.3 Å². The van der Waals surface area contributed by atoms with Crippen LogP contribution in [0.5, 0.6) is 11.5 Å². The van der Waals surface area contributed by atoms with E-state index in [1.54, 1.807) is 0 Å². The summed E-state index contributed by atoms with van der Waals surface area (Å²) in [4.78, 5) is 6.10.